The Labute approximate surface area is 187 Å². The van der Waals surface area contributed by atoms with Crippen molar-refractivity contribution < 1.29 is 19.0 Å². The maximum Gasteiger partial charge on any atom is 0.311 e. The molecule has 4 heteroatoms. The highest BCUT2D eigenvalue weighted by molar-refractivity contribution is 5.75. The van der Waals surface area contributed by atoms with E-state index in [1.54, 1.807) is 14.2 Å². The monoisotopic (exact) mass is 426 g/mol. The molecule has 0 aromatic heterocycles. The summed E-state index contributed by atoms with van der Waals surface area (Å²) in [6.07, 6.45) is 4.57. The van der Waals surface area contributed by atoms with Gasteiger partial charge < -0.3 is 14.2 Å². The molecule has 4 rings (SSSR count). The molecule has 0 saturated heterocycles. The van der Waals surface area contributed by atoms with Gasteiger partial charge in [0.15, 0.2) is 0 Å². The molecule has 2 atom stereocenters. The van der Waals surface area contributed by atoms with E-state index in [4.69, 9.17) is 14.2 Å². The van der Waals surface area contributed by atoms with Crippen LogP contribution in [-0.2, 0) is 14.9 Å². The Bertz CT molecular complexity index is 910. The first-order chi connectivity index (χ1) is 14.2. The first kappa shape index (κ1) is 23.4. The maximum absolute atomic E-state index is 12.4. The van der Waals surface area contributed by atoms with Gasteiger partial charge in [-0.25, -0.2) is 0 Å². The number of hydrogen-bond acceptors (Lipinski definition) is 4. The van der Waals surface area contributed by atoms with Crippen LogP contribution in [0.25, 0.3) is 0 Å². The molecule has 0 N–H and O–H groups in total. The van der Waals surface area contributed by atoms with E-state index >= 15 is 0 Å². The number of allylic oxidation sites excluding steroid dienone is 2. The average Bonchev–Trinajstić information content (AvgIpc) is 2.68. The zero-order valence-corrected chi connectivity index (χ0v) is 20.8. The van der Waals surface area contributed by atoms with Gasteiger partial charge in [0.2, 0.25) is 0 Å². The largest absolute Gasteiger partial charge is 0.496 e. The van der Waals surface area contributed by atoms with Crippen LogP contribution in [0.3, 0.4) is 0 Å². The molecule has 0 heterocycles. The van der Waals surface area contributed by atoms with Crippen molar-refractivity contribution in [3.05, 3.63) is 46.6 Å². The number of carbonyl (C=O) groups excluding carboxylic acids is 1. The second-order valence-corrected chi connectivity index (χ2v) is 11.4. The number of benzene rings is 1. The van der Waals surface area contributed by atoms with Crippen LogP contribution in [0.15, 0.2) is 35.4 Å². The van der Waals surface area contributed by atoms with E-state index in [0.717, 1.165) is 22.6 Å². The number of fused-ring (bicyclic) bond motifs is 1. The number of methoxy groups -OCH3 is 2. The van der Waals surface area contributed by atoms with Gasteiger partial charge in [0.1, 0.15) is 18.1 Å². The van der Waals surface area contributed by atoms with Crippen LogP contribution in [0, 0.1) is 16.7 Å². The third-order valence-corrected chi connectivity index (χ3v) is 6.70. The summed E-state index contributed by atoms with van der Waals surface area (Å²) in [6, 6.07) is 4.27. The SMILES string of the molecule is COc1cc(C(C)(C)C)cc(OC)c1C1C=C(COC(=O)C(C)(C)C)C2=C[C@H]1C2(C)C. The molecule has 3 aliphatic carbocycles. The third-order valence-electron chi connectivity index (χ3n) is 6.70. The van der Waals surface area contributed by atoms with Crippen LogP contribution in [0.4, 0.5) is 0 Å². The molecule has 31 heavy (non-hydrogen) atoms. The van der Waals surface area contributed by atoms with E-state index in [1.165, 1.54) is 11.1 Å². The molecule has 0 aliphatic heterocycles. The highest BCUT2D eigenvalue weighted by Gasteiger charge is 2.50. The molecule has 0 saturated carbocycles. The van der Waals surface area contributed by atoms with E-state index in [2.05, 4.69) is 58.9 Å². The van der Waals surface area contributed by atoms with Gasteiger partial charge >= 0.3 is 5.97 Å². The molecule has 3 aliphatic rings. The second kappa shape index (κ2) is 7.72. The molecule has 2 bridgehead atoms. The molecule has 0 spiro atoms. The van der Waals surface area contributed by atoms with Crippen LogP contribution >= 0.6 is 0 Å². The first-order valence-corrected chi connectivity index (χ1v) is 11.1. The Hall–Kier alpha value is -2.23. The quantitative estimate of drug-likeness (QED) is 0.526. The van der Waals surface area contributed by atoms with E-state index in [-0.39, 0.29) is 22.7 Å². The lowest BCUT2D eigenvalue weighted by molar-refractivity contribution is -0.151. The van der Waals surface area contributed by atoms with Crippen molar-refractivity contribution in [2.24, 2.45) is 16.7 Å². The zero-order chi connectivity index (χ0) is 23.4. The van der Waals surface area contributed by atoms with Crippen LogP contribution in [-0.4, -0.2) is 26.8 Å². The number of ether oxygens (including phenoxy) is 3. The van der Waals surface area contributed by atoms with Gasteiger partial charge in [0.05, 0.1) is 19.6 Å². The third kappa shape index (κ3) is 4.14. The minimum absolute atomic E-state index is 0.00160. The van der Waals surface area contributed by atoms with Crippen molar-refractivity contribution in [3.63, 3.8) is 0 Å². The van der Waals surface area contributed by atoms with Crippen LogP contribution in [0.2, 0.25) is 0 Å². The van der Waals surface area contributed by atoms with Crippen molar-refractivity contribution in [1.82, 2.24) is 0 Å². The minimum Gasteiger partial charge on any atom is -0.496 e. The minimum atomic E-state index is -0.518. The predicted octanol–water partition coefficient (Wildman–Crippen LogP) is 6.20. The second-order valence-electron chi connectivity index (χ2n) is 11.4. The number of carbonyl (C=O) groups is 1. The Balaban J connectivity index is 2.05. The van der Waals surface area contributed by atoms with E-state index in [0.29, 0.717) is 12.5 Å². The Morgan fingerprint density at radius 2 is 1.52 bits per heavy atom. The lowest BCUT2D eigenvalue weighted by atomic mass is 9.52. The fraction of sp³-hybridized carbons (Fsp3) is 0.593. The molecular formula is C27H38O4. The van der Waals surface area contributed by atoms with Gasteiger partial charge in [-0.3, -0.25) is 4.79 Å². The van der Waals surface area contributed by atoms with Crippen LogP contribution < -0.4 is 9.47 Å². The summed E-state index contributed by atoms with van der Waals surface area (Å²) in [5.74, 6) is 1.93. The number of rotatable bonds is 5. The average molecular weight is 427 g/mol. The van der Waals surface area contributed by atoms with Crippen molar-refractivity contribution in [1.29, 1.82) is 0 Å². The maximum atomic E-state index is 12.4. The highest BCUT2D eigenvalue weighted by atomic mass is 16.5. The summed E-state index contributed by atoms with van der Waals surface area (Å²) in [7, 11) is 3.44. The fourth-order valence-electron chi connectivity index (χ4n) is 4.62. The molecule has 4 nitrogen and oxygen atoms in total. The molecule has 1 unspecified atom stereocenters. The predicted molar refractivity (Wildman–Crippen MR) is 125 cm³/mol. The van der Waals surface area contributed by atoms with E-state index in [1.807, 2.05) is 20.8 Å². The van der Waals surface area contributed by atoms with Gasteiger partial charge in [0, 0.05) is 11.5 Å². The van der Waals surface area contributed by atoms with Crippen molar-refractivity contribution in [2.75, 3.05) is 20.8 Å². The van der Waals surface area contributed by atoms with E-state index < -0.39 is 5.41 Å². The molecule has 1 aromatic rings. The lowest BCUT2D eigenvalue weighted by Crippen LogP contribution is -2.43. The van der Waals surface area contributed by atoms with Crippen molar-refractivity contribution in [2.45, 2.75) is 66.7 Å². The fourth-order valence-corrected chi connectivity index (χ4v) is 4.62. The molecular weight excluding hydrogens is 388 g/mol. The Kier molecular flexibility index (Phi) is 5.84. The molecule has 170 valence electrons. The summed E-state index contributed by atoms with van der Waals surface area (Å²) in [5, 5.41) is 0. The van der Waals surface area contributed by atoms with Gasteiger partial charge in [-0.2, -0.15) is 0 Å². The number of hydrogen-bond donors (Lipinski definition) is 0. The summed E-state index contributed by atoms with van der Waals surface area (Å²) < 4.78 is 17.4. The van der Waals surface area contributed by atoms with Crippen molar-refractivity contribution >= 4 is 5.97 Å². The first-order valence-electron chi connectivity index (χ1n) is 11.1. The molecule has 1 aromatic carbocycles. The highest BCUT2D eigenvalue weighted by Crippen LogP contribution is 2.61. The van der Waals surface area contributed by atoms with Crippen LogP contribution in [0.1, 0.15) is 72.4 Å². The Morgan fingerprint density at radius 1 is 0.968 bits per heavy atom. The summed E-state index contributed by atoms with van der Waals surface area (Å²) in [6.45, 7) is 17.0. The summed E-state index contributed by atoms with van der Waals surface area (Å²) in [5.41, 5.74) is 4.06. The van der Waals surface area contributed by atoms with Gasteiger partial charge in [-0.15, -0.1) is 0 Å². The topological polar surface area (TPSA) is 44.8 Å². The summed E-state index contributed by atoms with van der Waals surface area (Å²) in [4.78, 5) is 12.4. The Morgan fingerprint density at radius 3 is 1.94 bits per heavy atom. The van der Waals surface area contributed by atoms with Crippen molar-refractivity contribution in [3.8, 4) is 11.5 Å². The molecule has 0 fully saturated rings. The van der Waals surface area contributed by atoms with E-state index in [9.17, 15) is 4.79 Å². The zero-order valence-electron chi connectivity index (χ0n) is 20.8. The molecule has 0 amide bonds. The molecule has 0 radical (unpaired) electrons. The smallest absolute Gasteiger partial charge is 0.311 e. The number of esters is 1. The van der Waals surface area contributed by atoms with Gasteiger partial charge in [-0.1, -0.05) is 46.8 Å². The normalized spacial score (nSPS) is 22.1. The van der Waals surface area contributed by atoms with Gasteiger partial charge in [-0.05, 0) is 66.4 Å². The standard InChI is InChI=1S/C27H38O4/c1-25(2,3)17-12-21(29-9)23(22(13-17)30-10)18-11-16(15-31-24(28)26(4,5)6)19-14-20(18)27(19,7)8/h11-14,18,20H,15H2,1-10H3/t18?,20-/m1/s1. The lowest BCUT2D eigenvalue weighted by Gasteiger charge is -2.52. The summed E-state index contributed by atoms with van der Waals surface area (Å²) >= 11 is 0. The van der Waals surface area contributed by atoms with Gasteiger partial charge in [0.25, 0.3) is 0 Å². The van der Waals surface area contributed by atoms with Crippen LogP contribution in [0.5, 0.6) is 11.5 Å².